The van der Waals surface area contributed by atoms with E-state index in [1.165, 1.54) is 16.9 Å². The number of aliphatic carboxylic acids is 1. The summed E-state index contributed by atoms with van der Waals surface area (Å²) in [5, 5.41) is 22.6. The number of aromatic amines is 1. The molecule has 0 saturated carbocycles. The fourth-order valence-electron chi connectivity index (χ4n) is 2.42. The molecular formula is C16H11N5O4. The zero-order valence-electron chi connectivity index (χ0n) is 12.7. The van der Waals surface area contributed by atoms with Gasteiger partial charge in [-0.15, -0.1) is 0 Å². The van der Waals surface area contributed by atoms with E-state index < -0.39 is 23.9 Å². The van der Waals surface area contributed by atoms with Crippen molar-refractivity contribution in [2.75, 3.05) is 6.54 Å². The number of aromatic nitrogens is 3. The van der Waals surface area contributed by atoms with Gasteiger partial charge in [0.05, 0.1) is 17.3 Å². The molecule has 0 atom stereocenters. The molecule has 0 spiro atoms. The zero-order valence-corrected chi connectivity index (χ0v) is 12.7. The van der Waals surface area contributed by atoms with E-state index in [-0.39, 0.29) is 11.2 Å². The Morgan fingerprint density at radius 1 is 1.36 bits per heavy atom. The van der Waals surface area contributed by atoms with Crippen molar-refractivity contribution in [3.63, 3.8) is 0 Å². The van der Waals surface area contributed by atoms with Crippen molar-refractivity contribution in [2.45, 2.75) is 0 Å². The number of nitrogens with one attached hydrogen (secondary N) is 2. The number of carbonyl (C=O) groups excluding carboxylic acids is 1. The Morgan fingerprint density at radius 2 is 2.16 bits per heavy atom. The van der Waals surface area contributed by atoms with Crippen LogP contribution in [0, 0.1) is 11.3 Å². The van der Waals surface area contributed by atoms with Gasteiger partial charge < -0.3 is 10.4 Å². The SMILES string of the molecule is N#Cc1cccc(-c2cc(=O)c(C(=O)NCC(=O)O)c3nc[nH]n23)c1. The van der Waals surface area contributed by atoms with Crippen molar-refractivity contribution < 1.29 is 14.7 Å². The molecule has 3 N–H and O–H groups in total. The highest BCUT2D eigenvalue weighted by Crippen LogP contribution is 2.20. The molecule has 9 heteroatoms. The molecule has 2 aromatic heterocycles. The average Bonchev–Trinajstić information content (AvgIpc) is 3.08. The number of nitrogens with zero attached hydrogens (tertiary/aromatic N) is 3. The summed E-state index contributed by atoms with van der Waals surface area (Å²) in [4.78, 5) is 39.1. The number of benzene rings is 1. The standard InChI is InChI=1S/C16H11N5O4/c17-6-9-2-1-3-10(4-9)11-5-12(22)14(15-19-8-20-21(11)15)16(25)18-7-13(23)24/h1-5,8H,7H2,(H,18,25)(H,19,20)(H,23,24). The van der Waals surface area contributed by atoms with Crippen LogP contribution >= 0.6 is 0 Å². The third-order valence-corrected chi connectivity index (χ3v) is 3.48. The van der Waals surface area contributed by atoms with Crippen molar-refractivity contribution in [2.24, 2.45) is 0 Å². The van der Waals surface area contributed by atoms with E-state index in [0.29, 0.717) is 16.8 Å². The lowest BCUT2D eigenvalue weighted by Crippen LogP contribution is -2.33. The minimum absolute atomic E-state index is 0.0627. The number of fused-ring (bicyclic) bond motifs is 1. The number of nitriles is 1. The Kier molecular flexibility index (Phi) is 4.01. The first-order chi connectivity index (χ1) is 12.0. The molecule has 0 aliphatic carbocycles. The molecule has 0 unspecified atom stereocenters. The van der Waals surface area contributed by atoms with Gasteiger partial charge in [0.1, 0.15) is 18.4 Å². The summed E-state index contributed by atoms with van der Waals surface area (Å²) in [5.74, 6) is -2.05. The van der Waals surface area contributed by atoms with Gasteiger partial charge in [0.2, 0.25) is 0 Å². The van der Waals surface area contributed by atoms with E-state index in [9.17, 15) is 14.4 Å². The normalized spacial score (nSPS) is 10.4. The van der Waals surface area contributed by atoms with Crippen LogP contribution in [0.4, 0.5) is 0 Å². The first kappa shape index (κ1) is 15.9. The lowest BCUT2D eigenvalue weighted by atomic mass is 10.1. The van der Waals surface area contributed by atoms with Crippen molar-refractivity contribution in [3.05, 3.63) is 58.0 Å². The summed E-state index contributed by atoms with van der Waals surface area (Å²) in [6.45, 7) is -0.610. The highest BCUT2D eigenvalue weighted by molar-refractivity contribution is 6.01. The molecule has 25 heavy (non-hydrogen) atoms. The van der Waals surface area contributed by atoms with Crippen LogP contribution < -0.4 is 10.7 Å². The maximum absolute atomic E-state index is 12.4. The number of rotatable bonds is 4. The molecule has 2 heterocycles. The van der Waals surface area contributed by atoms with Crippen molar-refractivity contribution in [1.29, 1.82) is 5.26 Å². The van der Waals surface area contributed by atoms with Crippen LogP contribution in [0.5, 0.6) is 0 Å². The number of carbonyl (C=O) groups is 2. The van der Waals surface area contributed by atoms with E-state index in [1.807, 2.05) is 6.07 Å². The van der Waals surface area contributed by atoms with Gasteiger partial charge in [0.15, 0.2) is 11.1 Å². The Bertz CT molecular complexity index is 1090. The predicted molar refractivity (Wildman–Crippen MR) is 85.9 cm³/mol. The minimum atomic E-state index is -1.23. The lowest BCUT2D eigenvalue weighted by Gasteiger charge is -2.08. The summed E-state index contributed by atoms with van der Waals surface area (Å²) in [6, 6.07) is 9.87. The summed E-state index contributed by atoms with van der Waals surface area (Å²) in [5.41, 5.74) is 0.626. The lowest BCUT2D eigenvalue weighted by molar-refractivity contribution is -0.135. The number of H-pyrrole nitrogens is 1. The molecule has 0 aliphatic rings. The van der Waals surface area contributed by atoms with E-state index in [2.05, 4.69) is 15.4 Å². The fraction of sp³-hybridized carbons (Fsp3) is 0.0625. The van der Waals surface area contributed by atoms with Gasteiger partial charge in [-0.25, -0.2) is 9.50 Å². The highest BCUT2D eigenvalue weighted by atomic mass is 16.4. The zero-order chi connectivity index (χ0) is 18.0. The molecule has 0 aliphatic heterocycles. The van der Waals surface area contributed by atoms with Crippen LogP contribution in [0.1, 0.15) is 15.9 Å². The number of carboxylic acid groups (broad SMARTS) is 1. The maximum Gasteiger partial charge on any atom is 0.322 e. The summed E-state index contributed by atoms with van der Waals surface area (Å²) in [6.07, 6.45) is 1.31. The smallest absolute Gasteiger partial charge is 0.322 e. The van der Waals surface area contributed by atoms with Crippen LogP contribution in [0.2, 0.25) is 0 Å². The van der Waals surface area contributed by atoms with E-state index in [0.717, 1.165) is 0 Å². The number of hydrogen-bond acceptors (Lipinski definition) is 5. The number of amides is 1. The topological polar surface area (TPSA) is 140 Å². The Balaban J connectivity index is 2.16. The van der Waals surface area contributed by atoms with Crippen molar-refractivity contribution >= 4 is 17.5 Å². The van der Waals surface area contributed by atoms with E-state index in [4.69, 9.17) is 10.4 Å². The third kappa shape index (κ3) is 2.96. The number of carboxylic acids is 1. The van der Waals surface area contributed by atoms with Crippen LogP contribution in [-0.4, -0.2) is 38.1 Å². The fourth-order valence-corrected chi connectivity index (χ4v) is 2.42. The average molecular weight is 337 g/mol. The molecule has 3 aromatic rings. The quantitative estimate of drug-likeness (QED) is 0.628. The van der Waals surface area contributed by atoms with Crippen LogP contribution in [0.25, 0.3) is 16.9 Å². The molecular weight excluding hydrogens is 326 g/mol. The Labute approximate surface area is 140 Å². The second-order valence-electron chi connectivity index (χ2n) is 5.08. The van der Waals surface area contributed by atoms with Gasteiger partial charge in [0.25, 0.3) is 5.91 Å². The van der Waals surface area contributed by atoms with E-state index >= 15 is 0 Å². The molecule has 124 valence electrons. The van der Waals surface area contributed by atoms with Gasteiger partial charge in [0, 0.05) is 11.6 Å². The number of pyridine rings is 1. The predicted octanol–water partition coefficient (Wildman–Crippen LogP) is 0.376. The molecule has 0 bridgehead atoms. The first-order valence-electron chi connectivity index (χ1n) is 7.11. The number of hydrogen-bond donors (Lipinski definition) is 3. The molecule has 0 radical (unpaired) electrons. The molecule has 0 fully saturated rings. The summed E-state index contributed by atoms with van der Waals surface area (Å²) >= 11 is 0. The molecule has 1 aromatic carbocycles. The maximum atomic E-state index is 12.4. The van der Waals surface area contributed by atoms with Crippen molar-refractivity contribution in [1.82, 2.24) is 19.9 Å². The highest BCUT2D eigenvalue weighted by Gasteiger charge is 2.20. The second kappa shape index (κ2) is 6.29. The Morgan fingerprint density at radius 3 is 2.88 bits per heavy atom. The van der Waals surface area contributed by atoms with E-state index in [1.54, 1.807) is 24.3 Å². The van der Waals surface area contributed by atoms with Gasteiger partial charge >= 0.3 is 5.97 Å². The van der Waals surface area contributed by atoms with Gasteiger partial charge in [-0.3, -0.25) is 19.5 Å². The summed E-state index contributed by atoms with van der Waals surface area (Å²) < 4.78 is 1.42. The molecule has 3 rings (SSSR count). The van der Waals surface area contributed by atoms with Gasteiger partial charge in [-0.2, -0.15) is 5.26 Å². The molecule has 9 nitrogen and oxygen atoms in total. The first-order valence-corrected chi connectivity index (χ1v) is 7.11. The van der Waals surface area contributed by atoms with Crippen LogP contribution in [-0.2, 0) is 4.79 Å². The minimum Gasteiger partial charge on any atom is -0.480 e. The molecule has 0 saturated heterocycles. The summed E-state index contributed by atoms with van der Waals surface area (Å²) in [7, 11) is 0. The molecule has 1 amide bonds. The van der Waals surface area contributed by atoms with Crippen LogP contribution in [0.15, 0.2) is 41.5 Å². The monoisotopic (exact) mass is 337 g/mol. The van der Waals surface area contributed by atoms with Crippen LogP contribution in [0.3, 0.4) is 0 Å². The van der Waals surface area contributed by atoms with Gasteiger partial charge in [-0.1, -0.05) is 12.1 Å². The second-order valence-corrected chi connectivity index (χ2v) is 5.08. The Hall–Kier alpha value is -3.93. The van der Waals surface area contributed by atoms with Gasteiger partial charge in [-0.05, 0) is 12.1 Å². The largest absolute Gasteiger partial charge is 0.480 e. The third-order valence-electron chi connectivity index (χ3n) is 3.48. The van der Waals surface area contributed by atoms with Crippen molar-refractivity contribution in [3.8, 4) is 17.3 Å².